The quantitative estimate of drug-likeness (QED) is 0.573. The van der Waals surface area contributed by atoms with E-state index in [0.717, 1.165) is 9.72 Å². The van der Waals surface area contributed by atoms with Crippen LogP contribution in [0.3, 0.4) is 0 Å². The Morgan fingerprint density at radius 1 is 1.30 bits per heavy atom. The number of aromatic nitrogens is 2. The van der Waals surface area contributed by atoms with Gasteiger partial charge in [0.1, 0.15) is 0 Å². The van der Waals surface area contributed by atoms with Gasteiger partial charge in [0.05, 0.1) is 0 Å². The Balaban J connectivity index is 1.89. The Labute approximate surface area is 168 Å². The van der Waals surface area contributed by atoms with Crippen LogP contribution in [-0.2, 0) is 25.9 Å². The van der Waals surface area contributed by atoms with Crippen molar-refractivity contribution < 1.29 is 33.6 Å². The van der Waals surface area contributed by atoms with Gasteiger partial charge in [0.15, 0.2) is 0 Å². The maximum absolute atomic E-state index is 12.5. The zero-order valence-electron chi connectivity index (χ0n) is 14.8. The van der Waals surface area contributed by atoms with E-state index in [-0.39, 0.29) is 5.91 Å². The molecule has 1 aliphatic heterocycles. The molecule has 0 fully saturated rings. The number of nitrogens with one attached hydrogen (secondary N) is 1. The summed E-state index contributed by atoms with van der Waals surface area (Å²) >= 11 is 1.32. The van der Waals surface area contributed by atoms with Gasteiger partial charge in [0.25, 0.3) is 0 Å². The summed E-state index contributed by atoms with van der Waals surface area (Å²) in [5, 5.41) is 2.75. The Morgan fingerprint density at radius 3 is 3.04 bits per heavy atom. The fraction of sp³-hybridized carbons (Fsp3) is 0.150. The van der Waals surface area contributed by atoms with Crippen LogP contribution in [0.1, 0.15) is 16.2 Å². The van der Waals surface area contributed by atoms with E-state index >= 15 is 0 Å². The van der Waals surface area contributed by atoms with E-state index in [1.54, 1.807) is 43.8 Å². The zero-order valence-corrected chi connectivity index (χ0v) is 17.7. The van der Waals surface area contributed by atoms with E-state index in [9.17, 15) is 4.79 Å². The number of allylic oxidation sites excluding steroid dienone is 4. The van der Waals surface area contributed by atoms with Crippen molar-refractivity contribution in [1.29, 1.82) is 0 Å². The number of carbonyl (C=O) groups excluding carboxylic acids is 1. The molecule has 1 aromatic carbocycles. The summed E-state index contributed by atoms with van der Waals surface area (Å²) in [4.78, 5) is 16.9. The molecular weight excluding hydrogens is 514 g/mol. The minimum atomic E-state index is -0.258. The first kappa shape index (κ1) is 19.1. The summed E-state index contributed by atoms with van der Waals surface area (Å²) in [7, 11) is 1.56. The Hall–Kier alpha value is -2.72. The van der Waals surface area contributed by atoms with Crippen LogP contribution in [0.4, 0.5) is 0 Å². The first-order valence-corrected chi connectivity index (χ1v) is 9.81. The van der Waals surface area contributed by atoms with Crippen molar-refractivity contribution in [2.45, 2.75) is 6.54 Å². The fourth-order valence-electron chi connectivity index (χ4n) is 2.49. The SMILES string of the molecule is COc1ccc2c(c1)C(=O)NC=CC=C[C](=[W])c1nccn1CC=CCO2. The molecule has 0 aliphatic carbocycles. The van der Waals surface area contributed by atoms with Gasteiger partial charge in [-0.15, -0.1) is 0 Å². The van der Waals surface area contributed by atoms with Crippen molar-refractivity contribution >= 4 is 9.81 Å². The number of amides is 1. The second-order valence-electron chi connectivity index (χ2n) is 5.60. The molecule has 0 spiro atoms. The number of fused-ring (bicyclic) bond motifs is 2. The van der Waals surface area contributed by atoms with E-state index in [0.29, 0.717) is 30.2 Å². The topological polar surface area (TPSA) is 65.4 Å². The standard InChI is InChI=1S/C20H19N3O3.W/c1-25-16-8-9-18-17(15-16)20(24)22-10-4-2-3-7-19-21-11-13-23(19)12-5-6-14-26-18;/h2-6,8-11,13,15H,12,14H2,1H3,(H,22,24);. The molecule has 138 valence electrons. The molecule has 0 unspecified atom stereocenters. The second-order valence-corrected chi connectivity index (χ2v) is 7.18. The predicted octanol–water partition coefficient (Wildman–Crippen LogP) is 2.41. The molecule has 2 aromatic rings. The molecule has 27 heavy (non-hydrogen) atoms. The molecule has 7 heteroatoms. The van der Waals surface area contributed by atoms with E-state index in [2.05, 4.69) is 14.9 Å². The monoisotopic (exact) mass is 533 g/mol. The van der Waals surface area contributed by atoms with E-state index in [1.807, 2.05) is 30.5 Å². The summed E-state index contributed by atoms with van der Waals surface area (Å²) in [6.07, 6.45) is 15.0. The van der Waals surface area contributed by atoms with Crippen LogP contribution in [0.15, 0.2) is 67.2 Å². The zero-order chi connectivity index (χ0) is 19.1. The Morgan fingerprint density at radius 2 is 2.19 bits per heavy atom. The summed E-state index contributed by atoms with van der Waals surface area (Å²) in [6.45, 7) is 1.06. The molecule has 2 heterocycles. The predicted molar refractivity (Wildman–Crippen MR) is 99.7 cm³/mol. The summed E-state index contributed by atoms with van der Waals surface area (Å²) in [6, 6.07) is 5.18. The minimum absolute atomic E-state index is 0.258. The van der Waals surface area contributed by atoms with Gasteiger partial charge < -0.3 is 0 Å². The molecule has 1 amide bonds. The second kappa shape index (κ2) is 9.28. The van der Waals surface area contributed by atoms with Crippen molar-refractivity contribution in [1.82, 2.24) is 14.9 Å². The van der Waals surface area contributed by atoms with Crippen molar-refractivity contribution in [3.63, 3.8) is 0 Å². The van der Waals surface area contributed by atoms with Gasteiger partial charge in [-0.2, -0.15) is 0 Å². The number of hydrogen-bond acceptors (Lipinski definition) is 4. The molecule has 6 nitrogen and oxygen atoms in total. The summed E-state index contributed by atoms with van der Waals surface area (Å²) < 4.78 is 14.2. The molecule has 0 atom stereocenters. The number of methoxy groups -OCH3 is 1. The molecule has 0 bridgehead atoms. The first-order chi connectivity index (χ1) is 13.2. The van der Waals surface area contributed by atoms with Crippen LogP contribution in [0.25, 0.3) is 0 Å². The van der Waals surface area contributed by atoms with Crippen molar-refractivity contribution in [2.75, 3.05) is 13.7 Å². The number of ether oxygens (including phenoxy) is 2. The summed E-state index contributed by atoms with van der Waals surface area (Å²) in [5.74, 6) is 1.78. The van der Waals surface area contributed by atoms with Crippen molar-refractivity contribution in [2.24, 2.45) is 0 Å². The van der Waals surface area contributed by atoms with E-state index < -0.39 is 0 Å². The van der Waals surface area contributed by atoms with Crippen LogP contribution in [-0.4, -0.2) is 33.1 Å². The van der Waals surface area contributed by atoms with Crippen LogP contribution in [0.5, 0.6) is 11.5 Å². The third-order valence-electron chi connectivity index (χ3n) is 3.84. The van der Waals surface area contributed by atoms with Gasteiger partial charge in [-0.3, -0.25) is 0 Å². The number of carbonyl (C=O) groups is 1. The van der Waals surface area contributed by atoms with Crippen LogP contribution >= 0.6 is 0 Å². The Kier molecular flexibility index (Phi) is 6.55. The average molecular weight is 533 g/mol. The van der Waals surface area contributed by atoms with Crippen molar-refractivity contribution in [3.05, 3.63) is 78.6 Å². The molecular formula is C20H19N3O3W. The van der Waals surface area contributed by atoms with Gasteiger partial charge in [-0.25, -0.2) is 0 Å². The summed E-state index contributed by atoms with van der Waals surface area (Å²) in [5.41, 5.74) is 0.424. The number of nitrogens with zero attached hydrogens (tertiary/aromatic N) is 2. The molecule has 3 rings (SSSR count). The Bertz CT molecular complexity index is 928. The van der Waals surface area contributed by atoms with Gasteiger partial charge in [-0.1, -0.05) is 0 Å². The van der Waals surface area contributed by atoms with E-state index in [4.69, 9.17) is 9.47 Å². The van der Waals surface area contributed by atoms with Gasteiger partial charge in [-0.05, 0) is 0 Å². The van der Waals surface area contributed by atoms with Gasteiger partial charge >= 0.3 is 169 Å². The normalized spacial score (nSPS) is 14.9. The fourth-order valence-corrected chi connectivity index (χ4v) is 3.38. The van der Waals surface area contributed by atoms with Gasteiger partial charge in [0, 0.05) is 0 Å². The average Bonchev–Trinajstić information content (AvgIpc) is 3.15. The number of imidazole rings is 1. The van der Waals surface area contributed by atoms with Gasteiger partial charge in [0.2, 0.25) is 0 Å². The number of hydrogen-bond donors (Lipinski definition) is 1. The van der Waals surface area contributed by atoms with Crippen molar-refractivity contribution in [3.8, 4) is 11.5 Å². The molecule has 0 radical (unpaired) electrons. The molecule has 1 aliphatic rings. The number of rotatable bonds is 1. The van der Waals surface area contributed by atoms with Crippen LogP contribution < -0.4 is 14.8 Å². The molecule has 0 saturated carbocycles. The molecule has 1 aromatic heterocycles. The van der Waals surface area contributed by atoms with E-state index in [1.165, 1.54) is 19.4 Å². The first-order valence-electron chi connectivity index (χ1n) is 8.34. The molecule has 0 saturated heterocycles. The molecule has 1 N–H and O–H groups in total. The number of benzene rings is 1. The third kappa shape index (κ3) is 4.92. The van der Waals surface area contributed by atoms with Crippen LogP contribution in [0, 0.1) is 0 Å². The maximum atomic E-state index is 12.5. The third-order valence-corrected chi connectivity index (χ3v) is 4.99. The van der Waals surface area contributed by atoms with Crippen LogP contribution in [0.2, 0.25) is 0 Å².